The van der Waals surface area contributed by atoms with Gasteiger partial charge in [-0.05, 0) is 25.1 Å². The third-order valence-electron chi connectivity index (χ3n) is 3.58. The molecule has 2 N–H and O–H groups in total. The number of amides is 1. The molecule has 0 aliphatic rings. The van der Waals surface area contributed by atoms with E-state index in [4.69, 9.17) is 8.85 Å². The molecule has 2 heterocycles. The van der Waals surface area contributed by atoms with Crippen LogP contribution in [0, 0.1) is 0 Å². The molecule has 8 nitrogen and oxygen atoms in total. The summed E-state index contributed by atoms with van der Waals surface area (Å²) < 4.78 is 28.9. The second-order valence-electron chi connectivity index (χ2n) is 4.92. The van der Waals surface area contributed by atoms with Gasteiger partial charge in [0.2, 0.25) is 0 Å². The van der Waals surface area contributed by atoms with Crippen LogP contribution in [0.15, 0.2) is 30.6 Å². The van der Waals surface area contributed by atoms with Crippen LogP contribution in [0.1, 0.15) is 21.5 Å². The van der Waals surface area contributed by atoms with Crippen LogP contribution >= 0.6 is 0 Å². The van der Waals surface area contributed by atoms with Crippen LogP contribution in [0.5, 0.6) is 5.75 Å². The first-order valence-electron chi connectivity index (χ1n) is 8.77. The van der Waals surface area contributed by atoms with Crippen LogP contribution in [-0.4, -0.2) is 40.0 Å². The number of carbonyl (C=O) groups is 1. The Balaban J connectivity index is 2.02. The first-order chi connectivity index (χ1) is 12.8. The van der Waals surface area contributed by atoms with E-state index in [9.17, 15) is 4.79 Å². The van der Waals surface area contributed by atoms with Crippen LogP contribution in [0.25, 0.3) is 10.9 Å². The molecule has 8 heteroatoms. The number of ether oxygens (including phenoxy) is 1. The molecule has 124 valence electrons. The Labute approximate surface area is 143 Å². The molecule has 3 aromatic rings. The molecule has 0 saturated heterocycles. The summed E-state index contributed by atoms with van der Waals surface area (Å²) in [5, 5.41) is 17.6. The van der Waals surface area contributed by atoms with Gasteiger partial charge in [0.1, 0.15) is 5.52 Å². The van der Waals surface area contributed by atoms with Gasteiger partial charge in [-0.2, -0.15) is 10.2 Å². The monoisotopic (exact) mass is 329 g/mol. The molecule has 0 fully saturated rings. The van der Waals surface area contributed by atoms with E-state index in [1.165, 1.54) is 12.3 Å². The van der Waals surface area contributed by atoms with Crippen molar-refractivity contribution in [2.75, 3.05) is 19.4 Å². The number of rotatable bonds is 5. The second-order valence-corrected chi connectivity index (χ2v) is 4.92. The largest absolute Gasteiger partial charge is 0.492 e. The molecule has 0 aliphatic heterocycles. The topological polar surface area (TPSA) is 94.0 Å². The number of nitrogens with one attached hydrogen (secondary N) is 2. The summed E-state index contributed by atoms with van der Waals surface area (Å²) >= 11 is 0. The normalized spacial score (nSPS) is 13.0. The van der Waals surface area contributed by atoms with Crippen molar-refractivity contribution in [2.45, 2.75) is 13.5 Å². The van der Waals surface area contributed by atoms with E-state index >= 15 is 0 Å². The van der Waals surface area contributed by atoms with E-state index in [1.807, 2.05) is 18.3 Å². The number of benzene rings is 1. The predicted octanol–water partition coefficient (Wildman–Crippen LogP) is 1.96. The minimum Gasteiger partial charge on any atom is -0.492 e. The lowest BCUT2D eigenvalue weighted by atomic mass is 10.2. The van der Waals surface area contributed by atoms with E-state index in [2.05, 4.69) is 20.6 Å². The third kappa shape index (κ3) is 2.62. The van der Waals surface area contributed by atoms with Crippen molar-refractivity contribution in [3.63, 3.8) is 0 Å². The van der Waals surface area contributed by atoms with E-state index in [0.717, 1.165) is 10.9 Å². The van der Waals surface area contributed by atoms with Gasteiger partial charge in [0.25, 0.3) is 5.91 Å². The van der Waals surface area contributed by atoms with Crippen LogP contribution in [0.4, 0.5) is 11.4 Å². The first kappa shape index (κ1) is 12.3. The minimum atomic E-state index is -2.63. The maximum Gasteiger partial charge on any atom is 0.273 e. The van der Waals surface area contributed by atoms with Gasteiger partial charge in [-0.15, -0.1) is 5.10 Å². The van der Waals surface area contributed by atoms with Gasteiger partial charge in [0.15, 0.2) is 11.4 Å². The van der Waals surface area contributed by atoms with E-state index in [1.54, 1.807) is 24.1 Å². The zero-order valence-electron chi connectivity index (χ0n) is 16.2. The molecule has 0 spiro atoms. The highest BCUT2D eigenvalue weighted by molar-refractivity contribution is 5.99. The molecule has 0 unspecified atom stereocenters. The van der Waals surface area contributed by atoms with Crippen LogP contribution in [0.2, 0.25) is 0 Å². The van der Waals surface area contributed by atoms with Crippen molar-refractivity contribution in [1.82, 2.24) is 25.3 Å². The Hall–Kier alpha value is -3.16. The molecule has 0 bridgehead atoms. The number of aromatic nitrogens is 4. The lowest BCUT2D eigenvalue weighted by Crippen LogP contribution is -2.21. The summed E-state index contributed by atoms with van der Waals surface area (Å²) in [6.45, 7) is -0.00150. The maximum absolute atomic E-state index is 12.2. The van der Waals surface area contributed by atoms with Crippen molar-refractivity contribution in [2.24, 2.45) is 0 Å². The SMILES string of the molecule is [2H]C([2H])([2H])NC(=O)c1nnccc1Nc1ccc2cnn(CC)c2c1OC. The molecule has 1 aromatic carbocycles. The molecule has 0 atom stereocenters. The average Bonchev–Trinajstić information content (AvgIpc) is 3.04. The number of carbonyl (C=O) groups excluding carboxylic acids is 1. The molecular weight excluding hydrogens is 308 g/mol. The Bertz CT molecular complexity index is 986. The number of aryl methyl sites for hydroxylation is 1. The molecule has 1 amide bonds. The van der Waals surface area contributed by atoms with Crippen molar-refractivity contribution in [1.29, 1.82) is 0 Å². The molecular formula is C16H18N6O2. The fourth-order valence-corrected chi connectivity index (χ4v) is 2.50. The lowest BCUT2D eigenvalue weighted by Gasteiger charge is -2.14. The third-order valence-corrected chi connectivity index (χ3v) is 3.58. The van der Waals surface area contributed by atoms with E-state index in [-0.39, 0.29) is 5.69 Å². The fraction of sp³-hybridized carbons (Fsp3) is 0.250. The highest BCUT2D eigenvalue weighted by atomic mass is 16.5. The number of hydrogen-bond acceptors (Lipinski definition) is 6. The zero-order chi connectivity index (χ0) is 19.6. The Kier molecular flexibility index (Phi) is 3.34. The van der Waals surface area contributed by atoms with Crippen LogP contribution in [0.3, 0.4) is 0 Å². The van der Waals surface area contributed by atoms with E-state index < -0.39 is 12.9 Å². The number of methoxy groups -OCH3 is 1. The van der Waals surface area contributed by atoms with Gasteiger partial charge >= 0.3 is 0 Å². The van der Waals surface area contributed by atoms with Gasteiger partial charge in [0, 0.05) is 23.0 Å². The number of hydrogen-bond donors (Lipinski definition) is 2. The fourth-order valence-electron chi connectivity index (χ4n) is 2.50. The highest BCUT2D eigenvalue weighted by Gasteiger charge is 2.17. The molecule has 2 aromatic heterocycles. The molecule has 24 heavy (non-hydrogen) atoms. The summed E-state index contributed by atoms with van der Waals surface area (Å²) in [5.74, 6) is -0.310. The Morgan fingerprint density at radius 2 is 2.25 bits per heavy atom. The van der Waals surface area contributed by atoms with E-state index in [0.29, 0.717) is 23.7 Å². The second kappa shape index (κ2) is 6.53. The van der Waals surface area contributed by atoms with Crippen molar-refractivity contribution < 1.29 is 13.6 Å². The molecule has 0 saturated carbocycles. The average molecular weight is 329 g/mol. The summed E-state index contributed by atoms with van der Waals surface area (Å²) in [6.07, 6.45) is 3.14. The molecule has 3 rings (SSSR count). The number of fused-ring (bicyclic) bond motifs is 1. The summed E-state index contributed by atoms with van der Waals surface area (Å²) in [7, 11) is 1.54. The molecule has 0 radical (unpaired) electrons. The summed E-state index contributed by atoms with van der Waals surface area (Å²) in [4.78, 5) is 12.2. The van der Waals surface area contributed by atoms with Gasteiger partial charge in [-0.25, -0.2) is 0 Å². The summed E-state index contributed by atoms with van der Waals surface area (Å²) in [5.41, 5.74) is 1.54. The zero-order valence-corrected chi connectivity index (χ0v) is 13.2. The highest BCUT2D eigenvalue weighted by Crippen LogP contribution is 2.35. The van der Waals surface area contributed by atoms with Crippen molar-refractivity contribution in [3.8, 4) is 5.75 Å². The smallest absolute Gasteiger partial charge is 0.273 e. The number of nitrogens with zero attached hydrogens (tertiary/aromatic N) is 4. The van der Waals surface area contributed by atoms with Gasteiger partial charge in [0.05, 0.1) is 30.9 Å². The summed E-state index contributed by atoms with van der Waals surface area (Å²) in [6, 6.07) is 5.19. The lowest BCUT2D eigenvalue weighted by molar-refractivity contribution is 0.0958. The standard InChI is InChI=1S/C16H18N6O2/c1-4-22-14-10(9-19-22)5-6-12(15(14)24-3)20-11-7-8-18-21-13(11)16(23)17-2/h5-9H,4H2,1-3H3,(H,17,23)(H,18,20)/i2D3. The maximum atomic E-state index is 12.2. The quantitative estimate of drug-likeness (QED) is 0.743. The van der Waals surface area contributed by atoms with Gasteiger partial charge in [-0.1, -0.05) is 0 Å². The molecule has 0 aliphatic carbocycles. The Morgan fingerprint density at radius 3 is 3.00 bits per heavy atom. The predicted molar refractivity (Wildman–Crippen MR) is 90.7 cm³/mol. The van der Waals surface area contributed by atoms with Gasteiger partial charge < -0.3 is 15.4 Å². The Morgan fingerprint density at radius 1 is 1.38 bits per heavy atom. The van der Waals surface area contributed by atoms with Gasteiger partial charge in [-0.3, -0.25) is 9.48 Å². The van der Waals surface area contributed by atoms with Crippen molar-refractivity contribution in [3.05, 3.63) is 36.3 Å². The van der Waals surface area contributed by atoms with Crippen LogP contribution < -0.4 is 15.4 Å². The van der Waals surface area contributed by atoms with Crippen molar-refractivity contribution >= 4 is 28.2 Å². The minimum absolute atomic E-state index is 0.139. The first-order valence-corrected chi connectivity index (χ1v) is 7.27. The van der Waals surface area contributed by atoms with Crippen LogP contribution in [-0.2, 0) is 6.54 Å². The number of anilines is 2.